The van der Waals surface area contributed by atoms with Crippen LogP contribution in [0.15, 0.2) is 54.7 Å². The van der Waals surface area contributed by atoms with E-state index < -0.39 is 11.7 Å². The van der Waals surface area contributed by atoms with Crippen LogP contribution < -0.4 is 15.8 Å². The molecule has 0 atom stereocenters. The maximum atomic E-state index is 13.6. The summed E-state index contributed by atoms with van der Waals surface area (Å²) in [6.45, 7) is 3.27. The molecule has 0 saturated carbocycles. The van der Waals surface area contributed by atoms with E-state index in [-0.39, 0.29) is 23.9 Å². The van der Waals surface area contributed by atoms with Gasteiger partial charge in [0, 0.05) is 44.2 Å². The van der Waals surface area contributed by atoms with E-state index in [0.717, 1.165) is 41.2 Å². The molecule has 1 aliphatic rings. The highest BCUT2D eigenvalue weighted by Gasteiger charge is 2.27. The van der Waals surface area contributed by atoms with Gasteiger partial charge in [0.25, 0.3) is 5.91 Å². The number of ether oxygens (including phenoxy) is 1. The number of benzene rings is 2. The Hall–Kier alpha value is -4.47. The first-order chi connectivity index (χ1) is 18.4. The number of anilines is 1. The summed E-state index contributed by atoms with van der Waals surface area (Å²) in [5.41, 5.74) is 10.00. The molecule has 2 aromatic heterocycles. The van der Waals surface area contributed by atoms with Crippen LogP contribution in [0.1, 0.15) is 47.3 Å². The minimum Gasteiger partial charge on any atom is -0.496 e. The van der Waals surface area contributed by atoms with Gasteiger partial charge in [-0.15, -0.1) is 0 Å². The van der Waals surface area contributed by atoms with E-state index in [4.69, 9.17) is 15.5 Å². The Kier molecular flexibility index (Phi) is 6.95. The van der Waals surface area contributed by atoms with Crippen LogP contribution in [-0.2, 0) is 11.3 Å². The SMILES string of the molecule is COc1ccc(F)cc1C(=O)NCc1ccc(-c2nc(C3CCN(C(C)=O)CC3)c3ccnc(N)n23)cc1. The molecule has 1 aliphatic heterocycles. The van der Waals surface area contributed by atoms with Crippen LogP contribution in [0.2, 0.25) is 0 Å². The number of amides is 2. The summed E-state index contributed by atoms with van der Waals surface area (Å²) in [6.07, 6.45) is 3.36. The van der Waals surface area contributed by atoms with Crippen LogP contribution in [0.4, 0.5) is 10.3 Å². The number of nitrogen functional groups attached to an aromatic ring is 1. The van der Waals surface area contributed by atoms with Gasteiger partial charge in [0.2, 0.25) is 11.9 Å². The molecule has 1 saturated heterocycles. The lowest BCUT2D eigenvalue weighted by atomic mass is 9.93. The van der Waals surface area contributed by atoms with Gasteiger partial charge in [-0.3, -0.25) is 14.0 Å². The summed E-state index contributed by atoms with van der Waals surface area (Å²) in [6, 6.07) is 13.4. The number of carbonyl (C=O) groups excluding carboxylic acids is 2. The molecule has 5 rings (SSSR count). The average molecular weight is 517 g/mol. The van der Waals surface area contributed by atoms with Gasteiger partial charge >= 0.3 is 0 Å². The van der Waals surface area contributed by atoms with Crippen molar-refractivity contribution in [2.75, 3.05) is 25.9 Å². The second kappa shape index (κ2) is 10.5. The molecule has 1 fully saturated rings. The highest BCUT2D eigenvalue weighted by Crippen LogP contribution is 2.34. The first-order valence-electron chi connectivity index (χ1n) is 12.4. The molecule has 9 nitrogen and oxygen atoms in total. The zero-order valence-corrected chi connectivity index (χ0v) is 21.3. The van der Waals surface area contributed by atoms with E-state index in [0.29, 0.717) is 30.6 Å². The summed E-state index contributed by atoms with van der Waals surface area (Å²) in [4.78, 5) is 35.5. The smallest absolute Gasteiger partial charge is 0.255 e. The third-order valence-corrected chi connectivity index (χ3v) is 7.01. The molecule has 2 aromatic carbocycles. The molecule has 10 heteroatoms. The number of imidazole rings is 1. The van der Waals surface area contributed by atoms with Crippen LogP contribution in [-0.4, -0.2) is 51.3 Å². The molecule has 3 N–H and O–H groups in total. The van der Waals surface area contributed by atoms with Crippen molar-refractivity contribution in [3.63, 3.8) is 0 Å². The summed E-state index contributed by atoms with van der Waals surface area (Å²) in [7, 11) is 1.44. The van der Waals surface area contributed by atoms with Crippen LogP contribution in [0.5, 0.6) is 5.75 Å². The quantitative estimate of drug-likeness (QED) is 0.403. The zero-order chi connectivity index (χ0) is 26.8. The Morgan fingerprint density at radius 2 is 1.87 bits per heavy atom. The van der Waals surface area contributed by atoms with Crippen LogP contribution in [0, 0.1) is 5.82 Å². The zero-order valence-electron chi connectivity index (χ0n) is 21.3. The van der Waals surface area contributed by atoms with Gasteiger partial charge in [-0.2, -0.15) is 0 Å². The van der Waals surface area contributed by atoms with Gasteiger partial charge in [-0.1, -0.05) is 24.3 Å². The maximum absolute atomic E-state index is 13.6. The third-order valence-electron chi connectivity index (χ3n) is 7.01. The molecule has 0 radical (unpaired) electrons. The number of halogens is 1. The van der Waals surface area contributed by atoms with Crippen molar-refractivity contribution in [3.8, 4) is 17.1 Å². The molecule has 38 heavy (non-hydrogen) atoms. The predicted molar refractivity (Wildman–Crippen MR) is 141 cm³/mol. The summed E-state index contributed by atoms with van der Waals surface area (Å²) < 4.78 is 20.7. The lowest BCUT2D eigenvalue weighted by Gasteiger charge is -2.30. The van der Waals surface area contributed by atoms with Crippen LogP contribution in [0.25, 0.3) is 16.9 Å². The Morgan fingerprint density at radius 1 is 1.13 bits per heavy atom. The van der Waals surface area contributed by atoms with Crippen LogP contribution >= 0.6 is 0 Å². The van der Waals surface area contributed by atoms with Crippen molar-refractivity contribution in [3.05, 3.63) is 77.4 Å². The maximum Gasteiger partial charge on any atom is 0.255 e. The fourth-order valence-electron chi connectivity index (χ4n) is 4.95. The Labute approximate surface area is 219 Å². The van der Waals surface area contributed by atoms with Gasteiger partial charge in [0.05, 0.1) is 23.9 Å². The number of likely N-dealkylation sites (tertiary alicyclic amines) is 1. The lowest BCUT2D eigenvalue weighted by molar-refractivity contribution is -0.129. The molecule has 0 bridgehead atoms. The first kappa shape index (κ1) is 25.2. The van der Waals surface area contributed by atoms with E-state index in [9.17, 15) is 14.0 Å². The predicted octanol–water partition coefficient (Wildman–Crippen LogP) is 3.78. The molecular weight excluding hydrogens is 487 g/mol. The molecule has 2 amide bonds. The van der Waals surface area contributed by atoms with Gasteiger partial charge in [0.1, 0.15) is 17.4 Å². The average Bonchev–Trinajstić information content (AvgIpc) is 3.33. The number of piperidine rings is 1. The van der Waals surface area contributed by atoms with Crippen molar-refractivity contribution in [1.82, 2.24) is 24.6 Å². The lowest BCUT2D eigenvalue weighted by Crippen LogP contribution is -2.36. The molecule has 0 aliphatic carbocycles. The van der Waals surface area contributed by atoms with E-state index in [1.54, 1.807) is 13.1 Å². The molecule has 4 aromatic rings. The van der Waals surface area contributed by atoms with Crippen molar-refractivity contribution in [1.29, 1.82) is 0 Å². The number of methoxy groups -OCH3 is 1. The number of hydrogen-bond donors (Lipinski definition) is 2. The fraction of sp³-hybridized carbons (Fsp3) is 0.286. The van der Waals surface area contributed by atoms with Crippen molar-refractivity contribution in [2.24, 2.45) is 0 Å². The fourth-order valence-corrected chi connectivity index (χ4v) is 4.95. The van der Waals surface area contributed by atoms with Crippen LogP contribution in [0.3, 0.4) is 0 Å². The van der Waals surface area contributed by atoms with Gasteiger partial charge in [-0.05, 0) is 42.7 Å². The largest absolute Gasteiger partial charge is 0.496 e. The van der Waals surface area contributed by atoms with E-state index >= 15 is 0 Å². The Morgan fingerprint density at radius 3 is 2.55 bits per heavy atom. The number of hydrogen-bond acceptors (Lipinski definition) is 6. The van der Waals surface area contributed by atoms with Gasteiger partial charge in [-0.25, -0.2) is 14.4 Å². The molecule has 3 heterocycles. The molecule has 196 valence electrons. The Bertz CT molecular complexity index is 1490. The summed E-state index contributed by atoms with van der Waals surface area (Å²) in [5, 5.41) is 2.81. The second-order valence-electron chi connectivity index (χ2n) is 9.35. The monoisotopic (exact) mass is 516 g/mol. The minimum absolute atomic E-state index is 0.0960. The van der Waals surface area contributed by atoms with Crippen molar-refractivity contribution in [2.45, 2.75) is 32.2 Å². The van der Waals surface area contributed by atoms with Gasteiger partial charge < -0.3 is 20.7 Å². The van der Waals surface area contributed by atoms with Crippen molar-refractivity contribution >= 4 is 23.3 Å². The normalized spacial score (nSPS) is 14.0. The van der Waals surface area contributed by atoms with E-state index in [2.05, 4.69) is 10.3 Å². The Balaban J connectivity index is 1.36. The van der Waals surface area contributed by atoms with E-state index in [1.807, 2.05) is 39.6 Å². The number of fused-ring (bicyclic) bond motifs is 1. The summed E-state index contributed by atoms with van der Waals surface area (Å²) in [5.74, 6) is 0.713. The summed E-state index contributed by atoms with van der Waals surface area (Å²) >= 11 is 0. The molecule has 0 unspecified atom stereocenters. The topological polar surface area (TPSA) is 115 Å². The number of nitrogens with two attached hydrogens (primary N) is 1. The van der Waals surface area contributed by atoms with E-state index in [1.165, 1.54) is 19.2 Å². The third kappa shape index (κ3) is 4.89. The minimum atomic E-state index is -0.509. The first-order valence-corrected chi connectivity index (χ1v) is 12.4. The number of carbonyl (C=O) groups is 2. The highest BCUT2D eigenvalue weighted by molar-refractivity contribution is 5.96. The van der Waals surface area contributed by atoms with Gasteiger partial charge in [0.15, 0.2) is 0 Å². The number of aromatic nitrogens is 3. The highest BCUT2D eigenvalue weighted by atomic mass is 19.1. The number of nitrogens with one attached hydrogen (secondary N) is 1. The second-order valence-corrected chi connectivity index (χ2v) is 9.35. The van der Waals surface area contributed by atoms with Crippen molar-refractivity contribution < 1.29 is 18.7 Å². The molecular formula is C28H29FN6O3. The molecule has 0 spiro atoms. The number of rotatable bonds is 6. The standard InChI is InChI=1S/C28H29FN6O3/c1-17(36)34-13-10-19(11-14-34)25-23-9-12-31-28(30)35(23)26(33-25)20-5-3-18(4-6-20)16-32-27(37)22-15-21(29)7-8-24(22)38-2/h3-9,12,15,19H,10-11,13-14,16H2,1-2H3,(H2,30,31)(H,32,37). The number of nitrogens with zero attached hydrogens (tertiary/aromatic N) is 4.